The van der Waals surface area contributed by atoms with Gasteiger partial charge in [0.25, 0.3) is 11.5 Å². The standard InChI is InChI=1S/C24H25N5O2/c1-17-8-9-21-25-22-19(23(30)29(21)15-17)14-20(24(31)27-12-10-26(2)11-13-27)28(22)16-18-6-4-3-5-7-18/h3-9,14-15H,10-13,16H2,1-2H3. The molecule has 4 aromatic rings. The highest BCUT2D eigenvalue weighted by molar-refractivity contribution is 5.98. The second-order valence-electron chi connectivity index (χ2n) is 8.29. The summed E-state index contributed by atoms with van der Waals surface area (Å²) in [5.41, 5.74) is 3.53. The first-order valence-electron chi connectivity index (χ1n) is 10.6. The van der Waals surface area contributed by atoms with E-state index < -0.39 is 0 Å². The molecule has 0 bridgehead atoms. The first kappa shape index (κ1) is 19.5. The number of aryl methyl sites for hydroxylation is 1. The molecule has 7 nitrogen and oxygen atoms in total. The fourth-order valence-corrected chi connectivity index (χ4v) is 4.18. The van der Waals surface area contributed by atoms with Gasteiger partial charge in [-0.3, -0.25) is 14.0 Å². The van der Waals surface area contributed by atoms with Crippen LogP contribution in [0.5, 0.6) is 0 Å². The van der Waals surface area contributed by atoms with E-state index in [9.17, 15) is 9.59 Å². The van der Waals surface area contributed by atoms with E-state index in [2.05, 4.69) is 11.9 Å². The maximum atomic E-state index is 13.5. The number of hydrogen-bond acceptors (Lipinski definition) is 4. The Kier molecular flexibility index (Phi) is 4.82. The molecule has 158 valence electrons. The Hall–Kier alpha value is -3.45. The van der Waals surface area contributed by atoms with Crippen molar-refractivity contribution < 1.29 is 4.79 Å². The number of likely N-dealkylation sites (N-methyl/N-ethyl adjacent to an activating group) is 1. The lowest BCUT2D eigenvalue weighted by molar-refractivity contribution is 0.0654. The number of amides is 1. The van der Waals surface area contributed by atoms with Gasteiger partial charge in [-0.15, -0.1) is 0 Å². The molecule has 0 radical (unpaired) electrons. The predicted molar refractivity (Wildman–Crippen MR) is 121 cm³/mol. The Morgan fingerprint density at radius 2 is 1.77 bits per heavy atom. The number of pyridine rings is 1. The maximum absolute atomic E-state index is 13.5. The maximum Gasteiger partial charge on any atom is 0.270 e. The second-order valence-corrected chi connectivity index (χ2v) is 8.29. The third-order valence-corrected chi connectivity index (χ3v) is 6.01. The van der Waals surface area contributed by atoms with Crippen molar-refractivity contribution in [2.75, 3.05) is 33.2 Å². The summed E-state index contributed by atoms with van der Waals surface area (Å²) in [5, 5.41) is 0.469. The van der Waals surface area contributed by atoms with Crippen LogP contribution in [0.1, 0.15) is 21.6 Å². The van der Waals surface area contributed by atoms with Gasteiger partial charge < -0.3 is 14.4 Å². The van der Waals surface area contributed by atoms with Crippen molar-refractivity contribution in [3.05, 3.63) is 81.9 Å². The van der Waals surface area contributed by atoms with Crippen molar-refractivity contribution in [1.82, 2.24) is 23.8 Å². The highest BCUT2D eigenvalue weighted by Gasteiger charge is 2.26. The Balaban J connectivity index is 1.70. The molecule has 7 heteroatoms. The number of piperazine rings is 1. The lowest BCUT2D eigenvalue weighted by Gasteiger charge is -2.32. The van der Waals surface area contributed by atoms with Crippen LogP contribution in [-0.2, 0) is 6.54 Å². The van der Waals surface area contributed by atoms with Crippen molar-refractivity contribution in [2.24, 2.45) is 0 Å². The fraction of sp³-hybridized carbons (Fsp3) is 0.292. The first-order chi connectivity index (χ1) is 15.0. The van der Waals surface area contributed by atoms with E-state index in [0.29, 0.717) is 42.0 Å². The van der Waals surface area contributed by atoms with Crippen molar-refractivity contribution in [2.45, 2.75) is 13.5 Å². The van der Waals surface area contributed by atoms with Gasteiger partial charge in [-0.2, -0.15) is 0 Å². The SMILES string of the molecule is Cc1ccc2nc3c(cc(C(=O)N4CCN(C)CC4)n3Cc3ccccc3)c(=O)n2c1. The summed E-state index contributed by atoms with van der Waals surface area (Å²) >= 11 is 0. The van der Waals surface area contributed by atoms with Crippen LogP contribution < -0.4 is 5.56 Å². The van der Waals surface area contributed by atoms with Crippen LogP contribution in [0, 0.1) is 6.92 Å². The molecule has 5 rings (SSSR count). The quantitative estimate of drug-likeness (QED) is 0.516. The highest BCUT2D eigenvalue weighted by Crippen LogP contribution is 2.21. The zero-order valence-electron chi connectivity index (χ0n) is 17.8. The molecule has 1 fully saturated rings. The van der Waals surface area contributed by atoms with Gasteiger partial charge in [0.15, 0.2) is 0 Å². The summed E-state index contributed by atoms with van der Waals surface area (Å²) < 4.78 is 3.46. The summed E-state index contributed by atoms with van der Waals surface area (Å²) in [6.45, 7) is 5.46. The van der Waals surface area contributed by atoms with Gasteiger partial charge in [-0.1, -0.05) is 36.4 Å². The lowest BCUT2D eigenvalue weighted by Crippen LogP contribution is -2.47. The van der Waals surface area contributed by atoms with E-state index in [4.69, 9.17) is 4.98 Å². The minimum atomic E-state index is -0.150. The van der Waals surface area contributed by atoms with E-state index >= 15 is 0 Å². The van der Waals surface area contributed by atoms with Crippen LogP contribution in [0.4, 0.5) is 0 Å². The van der Waals surface area contributed by atoms with E-state index in [1.807, 2.05) is 58.9 Å². The Morgan fingerprint density at radius 3 is 2.52 bits per heavy atom. The summed E-state index contributed by atoms with van der Waals surface area (Å²) in [6, 6.07) is 15.5. The normalized spacial score (nSPS) is 15.1. The molecule has 0 atom stereocenters. The van der Waals surface area contributed by atoms with Crippen molar-refractivity contribution in [1.29, 1.82) is 0 Å². The van der Waals surface area contributed by atoms with E-state index in [1.165, 1.54) is 0 Å². The van der Waals surface area contributed by atoms with Gasteiger partial charge in [0.1, 0.15) is 17.0 Å². The smallest absolute Gasteiger partial charge is 0.270 e. The zero-order valence-corrected chi connectivity index (χ0v) is 17.8. The van der Waals surface area contributed by atoms with Crippen LogP contribution in [0.25, 0.3) is 16.7 Å². The molecule has 0 aliphatic carbocycles. The van der Waals surface area contributed by atoms with E-state index in [1.54, 1.807) is 16.7 Å². The van der Waals surface area contributed by atoms with Gasteiger partial charge in [0, 0.05) is 38.9 Å². The molecule has 0 N–H and O–H groups in total. The average Bonchev–Trinajstić information content (AvgIpc) is 3.13. The molecule has 1 aromatic carbocycles. The molecule has 0 saturated carbocycles. The molecule has 0 unspecified atom stereocenters. The minimum Gasteiger partial charge on any atom is -0.335 e. The van der Waals surface area contributed by atoms with Crippen molar-refractivity contribution in [3.8, 4) is 0 Å². The van der Waals surface area contributed by atoms with Crippen LogP contribution >= 0.6 is 0 Å². The highest BCUT2D eigenvalue weighted by atomic mass is 16.2. The third kappa shape index (κ3) is 3.51. The molecule has 3 aromatic heterocycles. The molecule has 0 spiro atoms. The zero-order chi connectivity index (χ0) is 21.5. The van der Waals surface area contributed by atoms with Crippen molar-refractivity contribution >= 4 is 22.6 Å². The van der Waals surface area contributed by atoms with Gasteiger partial charge >= 0.3 is 0 Å². The third-order valence-electron chi connectivity index (χ3n) is 6.01. The summed E-state index contributed by atoms with van der Waals surface area (Å²) in [5.74, 6) is -0.0494. The average molecular weight is 415 g/mol. The molecular formula is C24H25N5O2. The fourth-order valence-electron chi connectivity index (χ4n) is 4.18. The largest absolute Gasteiger partial charge is 0.335 e. The van der Waals surface area contributed by atoms with E-state index in [-0.39, 0.29) is 11.5 Å². The van der Waals surface area contributed by atoms with Crippen molar-refractivity contribution in [3.63, 3.8) is 0 Å². The number of carbonyl (C=O) groups excluding carboxylic acids is 1. The summed E-state index contributed by atoms with van der Waals surface area (Å²) in [6.07, 6.45) is 1.79. The summed E-state index contributed by atoms with van der Waals surface area (Å²) in [4.78, 5) is 35.6. The van der Waals surface area contributed by atoms with Gasteiger partial charge in [0.2, 0.25) is 0 Å². The molecule has 4 heterocycles. The van der Waals surface area contributed by atoms with E-state index in [0.717, 1.165) is 24.2 Å². The monoisotopic (exact) mass is 415 g/mol. The number of aromatic nitrogens is 3. The van der Waals surface area contributed by atoms with Crippen LogP contribution in [0.3, 0.4) is 0 Å². The van der Waals surface area contributed by atoms with Crippen LogP contribution in [0.15, 0.2) is 59.5 Å². The molecular weight excluding hydrogens is 390 g/mol. The Labute approximate surface area is 180 Å². The first-order valence-corrected chi connectivity index (χ1v) is 10.6. The second kappa shape index (κ2) is 7.67. The Morgan fingerprint density at radius 1 is 1.03 bits per heavy atom. The number of rotatable bonds is 3. The van der Waals surface area contributed by atoms with Gasteiger partial charge in [-0.05, 0) is 37.2 Å². The predicted octanol–water partition coefficient (Wildman–Crippen LogP) is 2.39. The van der Waals surface area contributed by atoms with Gasteiger partial charge in [0.05, 0.1) is 5.39 Å². The minimum absolute atomic E-state index is 0.0494. The van der Waals surface area contributed by atoms with Gasteiger partial charge in [-0.25, -0.2) is 4.98 Å². The number of nitrogens with zero attached hydrogens (tertiary/aromatic N) is 5. The molecule has 1 aliphatic rings. The van der Waals surface area contributed by atoms with Crippen LogP contribution in [-0.4, -0.2) is 62.9 Å². The molecule has 1 saturated heterocycles. The Bertz CT molecular complexity index is 1330. The molecule has 1 aliphatic heterocycles. The number of carbonyl (C=O) groups is 1. The summed E-state index contributed by atoms with van der Waals surface area (Å²) in [7, 11) is 2.06. The van der Waals surface area contributed by atoms with Crippen LogP contribution in [0.2, 0.25) is 0 Å². The number of benzene rings is 1. The molecule has 31 heavy (non-hydrogen) atoms. The topological polar surface area (TPSA) is 62.9 Å². The number of hydrogen-bond donors (Lipinski definition) is 0. The molecule has 1 amide bonds. The lowest BCUT2D eigenvalue weighted by atomic mass is 10.2. The number of fused-ring (bicyclic) bond motifs is 2.